The topological polar surface area (TPSA) is 181 Å². The fourth-order valence-electron chi connectivity index (χ4n) is 9.63. The van der Waals surface area contributed by atoms with Crippen molar-refractivity contribution in [3.05, 3.63) is 149 Å². The number of hydrogen-bond donors (Lipinski definition) is 2. The van der Waals surface area contributed by atoms with Crippen molar-refractivity contribution >= 4 is 40.1 Å². The maximum atomic E-state index is 15.4. The summed E-state index contributed by atoms with van der Waals surface area (Å²) >= 11 is 6.39. The highest BCUT2D eigenvalue weighted by molar-refractivity contribution is 6.30. The molecule has 2 amide bonds. The second kappa shape index (κ2) is 15.6. The van der Waals surface area contributed by atoms with Gasteiger partial charge in [-0.3, -0.25) is 19.8 Å². The highest BCUT2D eigenvalue weighted by Gasteiger charge is 2.69. The first-order valence-corrected chi connectivity index (χ1v) is 20.6. The highest BCUT2D eigenvalue weighted by Crippen LogP contribution is 2.63. The molecular formula is C45H41ClFN7O9. The lowest BCUT2D eigenvalue weighted by Gasteiger charge is -2.49. The van der Waals surface area contributed by atoms with Gasteiger partial charge in [0.15, 0.2) is 23.0 Å². The summed E-state index contributed by atoms with van der Waals surface area (Å²) in [5.74, 6) is -3.45. The van der Waals surface area contributed by atoms with Crippen LogP contribution in [0.3, 0.4) is 0 Å². The van der Waals surface area contributed by atoms with Gasteiger partial charge in [-0.15, -0.1) is 0 Å². The molecule has 0 radical (unpaired) electrons. The molecule has 9 rings (SSSR count). The molecule has 4 heterocycles. The van der Waals surface area contributed by atoms with Gasteiger partial charge in [-0.1, -0.05) is 41.9 Å². The molecule has 0 bridgehead atoms. The average molecular weight is 878 g/mol. The number of hydrazine groups is 1. The van der Waals surface area contributed by atoms with Crippen LogP contribution < -0.4 is 36.6 Å². The van der Waals surface area contributed by atoms with Crippen LogP contribution in [-0.2, 0) is 41.6 Å². The standard InChI is InChI=1S/C45H41ClFN7O9/c1-5-63-35-8-6-7-29(39(35)55)38-28-17-20-52-43(59)51(19-18-31-41(57)50(2)34-23-37(62-4)36(61-3)22-32(34)48-31)44(60)54(52)33(28)21-30-40(56)53(49-27-15-13-26(47)14-16-27)42(58)45(30,38)24-9-11-25(46)12-10-24/h6-17,22-23,30,33,38,49,55H,5,18-21H2,1-4H3. The molecule has 2 aliphatic heterocycles. The Hall–Kier alpha value is -7.14. The summed E-state index contributed by atoms with van der Waals surface area (Å²) in [6.45, 7) is 1.66. The van der Waals surface area contributed by atoms with Crippen molar-refractivity contribution in [1.29, 1.82) is 0 Å². The monoisotopic (exact) mass is 877 g/mol. The smallest absolute Gasteiger partial charge is 0.347 e. The molecule has 4 aromatic carbocycles. The number of aromatic nitrogens is 5. The van der Waals surface area contributed by atoms with Crippen LogP contribution in [0.4, 0.5) is 10.1 Å². The highest BCUT2D eigenvalue weighted by atomic mass is 35.5. The van der Waals surface area contributed by atoms with Gasteiger partial charge in [0, 0.05) is 48.6 Å². The Morgan fingerprint density at radius 2 is 1.65 bits per heavy atom. The quantitative estimate of drug-likeness (QED) is 0.134. The van der Waals surface area contributed by atoms with E-state index in [1.807, 2.05) is 0 Å². The number of fused-ring (bicyclic) bond motifs is 5. The number of benzene rings is 4. The van der Waals surface area contributed by atoms with E-state index in [-0.39, 0.29) is 61.0 Å². The molecular weight excluding hydrogens is 837 g/mol. The van der Waals surface area contributed by atoms with Gasteiger partial charge in [0.25, 0.3) is 17.4 Å². The maximum Gasteiger partial charge on any atom is 0.347 e. The molecule has 6 aromatic rings. The lowest BCUT2D eigenvalue weighted by atomic mass is 9.53. The van der Waals surface area contributed by atoms with E-state index in [1.165, 1.54) is 52.4 Å². The summed E-state index contributed by atoms with van der Waals surface area (Å²) in [7, 11) is 4.55. The number of aromatic hydroxyl groups is 1. The van der Waals surface area contributed by atoms with Crippen LogP contribution in [-0.4, -0.2) is 66.2 Å². The molecule has 0 spiro atoms. The van der Waals surface area contributed by atoms with Crippen molar-refractivity contribution in [1.82, 2.24) is 28.5 Å². The van der Waals surface area contributed by atoms with E-state index in [0.29, 0.717) is 38.7 Å². The van der Waals surface area contributed by atoms with Crippen LogP contribution in [0.25, 0.3) is 11.0 Å². The fraction of sp³-hybridized carbons (Fsp3) is 0.289. The molecule has 63 heavy (non-hydrogen) atoms. The summed E-state index contributed by atoms with van der Waals surface area (Å²) in [5, 5.41) is 13.3. The predicted molar refractivity (Wildman–Crippen MR) is 229 cm³/mol. The van der Waals surface area contributed by atoms with Crippen molar-refractivity contribution < 1.29 is 33.3 Å². The van der Waals surface area contributed by atoms with Gasteiger partial charge in [0.05, 0.1) is 61.5 Å². The number of anilines is 1. The number of rotatable bonds is 11. The number of ether oxygens (including phenoxy) is 3. The summed E-state index contributed by atoms with van der Waals surface area (Å²) in [6, 6.07) is 18.9. The summed E-state index contributed by atoms with van der Waals surface area (Å²) in [5.41, 5.74) is 1.82. The predicted octanol–water partition coefficient (Wildman–Crippen LogP) is 4.83. The zero-order valence-corrected chi connectivity index (χ0v) is 35.3. The van der Waals surface area contributed by atoms with E-state index in [0.717, 1.165) is 9.58 Å². The number of carbonyl (C=O) groups excluding carboxylic acids is 2. The van der Waals surface area contributed by atoms with E-state index in [4.69, 9.17) is 25.8 Å². The van der Waals surface area contributed by atoms with Gasteiger partial charge in [-0.25, -0.2) is 32.9 Å². The molecule has 4 unspecified atom stereocenters. The lowest BCUT2D eigenvalue weighted by molar-refractivity contribution is -0.138. The van der Waals surface area contributed by atoms with E-state index >= 15 is 4.79 Å². The summed E-state index contributed by atoms with van der Waals surface area (Å²) in [4.78, 5) is 77.5. The zero-order chi connectivity index (χ0) is 44.5. The lowest BCUT2D eigenvalue weighted by Crippen LogP contribution is -2.53. The number of halogens is 2. The SMILES string of the molecule is CCOc1cccc(C2C3=CCn4c(=O)n(CCc5nc6cc(OC)c(OC)cc6n(C)c5=O)c(=O)n4C3CC3C(=O)N(Nc4ccc(F)cc4)C(=O)C32c2ccc(Cl)cc2)c1O. The van der Waals surface area contributed by atoms with Gasteiger partial charge < -0.3 is 23.9 Å². The van der Waals surface area contributed by atoms with Crippen molar-refractivity contribution in [3.8, 4) is 23.0 Å². The van der Waals surface area contributed by atoms with Crippen LogP contribution in [0, 0.1) is 11.7 Å². The summed E-state index contributed by atoms with van der Waals surface area (Å²) < 4.78 is 35.7. The molecule has 1 aliphatic carbocycles. The zero-order valence-electron chi connectivity index (χ0n) is 34.5. The number of carbonyl (C=O) groups is 2. The summed E-state index contributed by atoms with van der Waals surface area (Å²) in [6.07, 6.45) is 1.56. The minimum absolute atomic E-state index is 0.0822. The molecule has 4 atom stereocenters. The Bertz CT molecular complexity index is 3070. The molecule has 2 aromatic heterocycles. The number of para-hydroxylation sites is 1. The Balaban J connectivity index is 1.19. The van der Waals surface area contributed by atoms with Gasteiger partial charge >= 0.3 is 11.4 Å². The van der Waals surface area contributed by atoms with Crippen LogP contribution in [0.5, 0.6) is 23.0 Å². The van der Waals surface area contributed by atoms with Crippen molar-refractivity contribution in [3.63, 3.8) is 0 Å². The number of phenolic OH excluding ortho intramolecular Hbond substituents is 1. The van der Waals surface area contributed by atoms with Crippen LogP contribution in [0.1, 0.15) is 42.1 Å². The third-order valence-corrected chi connectivity index (χ3v) is 12.7. The molecule has 3 aliphatic rings. The molecule has 1 saturated heterocycles. The number of amides is 2. The largest absolute Gasteiger partial charge is 0.504 e. The Morgan fingerprint density at radius 1 is 0.937 bits per heavy atom. The molecule has 2 fully saturated rings. The fourth-order valence-corrected chi connectivity index (χ4v) is 9.76. The van der Waals surface area contributed by atoms with Gasteiger partial charge in [-0.05, 0) is 66.9 Å². The van der Waals surface area contributed by atoms with E-state index in [9.17, 15) is 28.7 Å². The first kappa shape index (κ1) is 41.2. The third kappa shape index (κ3) is 6.31. The number of methoxy groups -OCH3 is 2. The van der Waals surface area contributed by atoms with Crippen LogP contribution in [0.2, 0.25) is 5.02 Å². The minimum Gasteiger partial charge on any atom is -0.504 e. The molecule has 18 heteroatoms. The van der Waals surface area contributed by atoms with E-state index in [2.05, 4.69) is 10.4 Å². The van der Waals surface area contributed by atoms with Crippen molar-refractivity contribution in [2.45, 2.75) is 50.2 Å². The first-order chi connectivity index (χ1) is 30.3. The number of nitrogens with zero attached hydrogens (tertiary/aromatic N) is 6. The molecule has 324 valence electrons. The normalized spacial score (nSPS) is 20.3. The second-order valence-electron chi connectivity index (χ2n) is 15.6. The minimum atomic E-state index is -1.75. The Morgan fingerprint density at radius 3 is 2.35 bits per heavy atom. The van der Waals surface area contributed by atoms with Crippen LogP contribution >= 0.6 is 11.6 Å². The van der Waals surface area contributed by atoms with Gasteiger partial charge in [0.2, 0.25) is 0 Å². The van der Waals surface area contributed by atoms with E-state index < -0.39 is 57.9 Å². The molecule has 2 N–H and O–H groups in total. The Kier molecular flexibility index (Phi) is 10.2. The maximum absolute atomic E-state index is 15.4. The van der Waals surface area contributed by atoms with Gasteiger partial charge in [-0.2, -0.15) is 5.01 Å². The third-order valence-electron chi connectivity index (χ3n) is 12.5. The number of hydrogen-bond acceptors (Lipinski definition) is 11. The molecule has 1 saturated carbocycles. The van der Waals surface area contributed by atoms with Gasteiger partial charge in [0.1, 0.15) is 11.5 Å². The van der Waals surface area contributed by atoms with Crippen LogP contribution in [0.15, 0.2) is 105 Å². The number of aryl methyl sites for hydroxylation is 2. The average Bonchev–Trinajstić information content (AvgIpc) is 3.65. The molecule has 16 nitrogen and oxygen atoms in total. The Labute approximate surface area is 362 Å². The number of allylic oxidation sites excluding steroid dienone is 2. The van der Waals surface area contributed by atoms with E-state index in [1.54, 1.807) is 74.6 Å². The number of phenols is 1. The number of nitrogens with one attached hydrogen (secondary N) is 1. The second-order valence-corrected chi connectivity index (χ2v) is 16.0. The van der Waals surface area contributed by atoms with Crippen molar-refractivity contribution in [2.75, 3.05) is 26.3 Å². The van der Waals surface area contributed by atoms with Crippen molar-refractivity contribution in [2.24, 2.45) is 13.0 Å². The first-order valence-electron chi connectivity index (χ1n) is 20.2. The number of imide groups is 1.